The molecule has 2 aromatic heterocycles. The van der Waals surface area contributed by atoms with Crippen LogP contribution in [0.3, 0.4) is 0 Å². The fraction of sp³-hybridized carbons (Fsp3) is 0.333. The minimum atomic E-state index is -0.203. The zero-order valence-corrected chi connectivity index (χ0v) is 19.4. The van der Waals surface area contributed by atoms with Crippen molar-refractivity contribution >= 4 is 22.0 Å². The summed E-state index contributed by atoms with van der Waals surface area (Å²) in [6, 6.07) is 14.6. The molecule has 0 amide bonds. The molecule has 3 heterocycles. The van der Waals surface area contributed by atoms with Crippen molar-refractivity contribution in [1.82, 2.24) is 19.5 Å². The topological polar surface area (TPSA) is 66.1 Å². The lowest BCUT2D eigenvalue weighted by Crippen LogP contribution is -2.48. The molecule has 0 radical (unpaired) electrons. The first-order chi connectivity index (χ1) is 16.1. The second kappa shape index (κ2) is 8.99. The zero-order chi connectivity index (χ0) is 22.9. The van der Waals surface area contributed by atoms with Crippen LogP contribution in [0.15, 0.2) is 48.5 Å². The van der Waals surface area contributed by atoms with E-state index in [0.29, 0.717) is 49.1 Å². The van der Waals surface area contributed by atoms with Gasteiger partial charge in [-0.1, -0.05) is 42.5 Å². The maximum absolute atomic E-state index is 14.3. The molecular formula is C24H26FN5O2S. The van der Waals surface area contributed by atoms with E-state index in [-0.39, 0.29) is 17.7 Å². The van der Waals surface area contributed by atoms with E-state index in [0.717, 1.165) is 16.2 Å². The number of rotatable bonds is 6. The van der Waals surface area contributed by atoms with Crippen molar-refractivity contribution in [3.8, 4) is 11.6 Å². The fourth-order valence-corrected chi connectivity index (χ4v) is 5.52. The van der Waals surface area contributed by atoms with Gasteiger partial charge in [-0.25, -0.2) is 9.37 Å². The molecule has 0 spiro atoms. The Balaban J connectivity index is 1.49. The van der Waals surface area contributed by atoms with Gasteiger partial charge in [0.05, 0.1) is 23.7 Å². The summed E-state index contributed by atoms with van der Waals surface area (Å²) in [6.07, 6.45) is 0.709. The summed E-state index contributed by atoms with van der Waals surface area (Å²) >= 11 is 1.45. The van der Waals surface area contributed by atoms with E-state index >= 15 is 0 Å². The number of para-hydroxylation sites is 1. The van der Waals surface area contributed by atoms with Gasteiger partial charge in [0, 0.05) is 32.6 Å². The Morgan fingerprint density at radius 2 is 1.91 bits per heavy atom. The molecule has 33 heavy (non-hydrogen) atoms. The second-order valence-corrected chi connectivity index (χ2v) is 9.03. The highest BCUT2D eigenvalue weighted by molar-refractivity contribution is 7.17. The predicted octanol–water partition coefficient (Wildman–Crippen LogP) is 4.12. The SMILES string of the molecule is CCc1nc2sc([C@H](c3cccc(OC)c3)N3CCN(c4ccccc4F)CC3)c(O)n2n1. The third-order valence-corrected chi connectivity index (χ3v) is 7.16. The number of aryl methyl sites for hydroxylation is 1. The molecule has 1 aliphatic rings. The number of aromatic nitrogens is 3. The van der Waals surface area contributed by atoms with Crippen LogP contribution in [0.1, 0.15) is 29.2 Å². The van der Waals surface area contributed by atoms with Gasteiger partial charge in [-0.15, -0.1) is 5.10 Å². The molecule has 0 bridgehead atoms. The van der Waals surface area contributed by atoms with Crippen molar-refractivity contribution in [2.45, 2.75) is 19.4 Å². The summed E-state index contributed by atoms with van der Waals surface area (Å²) in [5.41, 5.74) is 1.65. The molecule has 1 fully saturated rings. The van der Waals surface area contributed by atoms with E-state index in [9.17, 15) is 9.50 Å². The largest absolute Gasteiger partial charge is 0.497 e. The smallest absolute Gasteiger partial charge is 0.230 e. The van der Waals surface area contributed by atoms with Gasteiger partial charge in [-0.2, -0.15) is 4.52 Å². The highest BCUT2D eigenvalue weighted by atomic mass is 32.1. The Kier molecular flexibility index (Phi) is 5.90. The normalized spacial score (nSPS) is 15.8. The number of hydrogen-bond acceptors (Lipinski definition) is 7. The molecule has 0 unspecified atom stereocenters. The van der Waals surface area contributed by atoms with Crippen molar-refractivity contribution in [1.29, 1.82) is 0 Å². The van der Waals surface area contributed by atoms with Gasteiger partial charge >= 0.3 is 0 Å². The van der Waals surface area contributed by atoms with Gasteiger partial charge in [0.1, 0.15) is 11.6 Å². The Morgan fingerprint density at radius 3 is 2.61 bits per heavy atom. The third-order valence-electron chi connectivity index (χ3n) is 6.09. The van der Waals surface area contributed by atoms with Crippen molar-refractivity contribution in [2.75, 3.05) is 38.2 Å². The zero-order valence-electron chi connectivity index (χ0n) is 18.6. The number of ether oxygens (including phenoxy) is 1. The van der Waals surface area contributed by atoms with Crippen LogP contribution in [0.2, 0.25) is 0 Å². The van der Waals surface area contributed by atoms with Crippen molar-refractivity contribution < 1.29 is 14.2 Å². The molecule has 9 heteroatoms. The minimum absolute atomic E-state index is 0.117. The predicted molar refractivity (Wildman–Crippen MR) is 127 cm³/mol. The van der Waals surface area contributed by atoms with E-state index in [1.165, 1.54) is 21.9 Å². The third kappa shape index (κ3) is 4.02. The first-order valence-electron chi connectivity index (χ1n) is 11.0. The van der Waals surface area contributed by atoms with Crippen LogP contribution in [-0.2, 0) is 6.42 Å². The molecule has 0 saturated carbocycles. The number of benzene rings is 2. The maximum atomic E-state index is 14.3. The highest BCUT2D eigenvalue weighted by Crippen LogP contribution is 2.41. The lowest BCUT2D eigenvalue weighted by molar-refractivity contribution is 0.210. The van der Waals surface area contributed by atoms with Crippen molar-refractivity contribution in [3.05, 3.63) is 70.6 Å². The van der Waals surface area contributed by atoms with E-state index in [1.807, 2.05) is 43.3 Å². The number of piperazine rings is 1. The van der Waals surface area contributed by atoms with Gasteiger partial charge in [-0.3, -0.25) is 4.90 Å². The molecule has 172 valence electrons. The summed E-state index contributed by atoms with van der Waals surface area (Å²) in [7, 11) is 1.65. The Bertz CT molecular complexity index is 1260. The molecule has 5 rings (SSSR count). The molecule has 1 saturated heterocycles. The fourth-order valence-electron chi connectivity index (χ4n) is 4.39. The summed E-state index contributed by atoms with van der Waals surface area (Å²) in [5.74, 6) is 1.38. The second-order valence-electron chi connectivity index (χ2n) is 8.02. The highest BCUT2D eigenvalue weighted by Gasteiger charge is 2.32. The molecule has 2 aromatic carbocycles. The number of aromatic hydroxyl groups is 1. The van der Waals surface area contributed by atoms with Crippen LogP contribution in [-0.4, -0.2) is 57.9 Å². The summed E-state index contributed by atoms with van der Waals surface area (Å²) in [5, 5.41) is 15.5. The molecule has 0 aliphatic carbocycles. The lowest BCUT2D eigenvalue weighted by Gasteiger charge is -2.40. The van der Waals surface area contributed by atoms with Crippen LogP contribution >= 0.6 is 11.3 Å². The molecule has 1 N–H and O–H groups in total. The molecule has 4 aromatic rings. The van der Waals surface area contributed by atoms with Crippen LogP contribution in [0.5, 0.6) is 11.6 Å². The quantitative estimate of drug-likeness (QED) is 0.460. The minimum Gasteiger partial charge on any atom is -0.497 e. The first-order valence-corrected chi connectivity index (χ1v) is 11.9. The number of thiazole rings is 1. The number of fused-ring (bicyclic) bond motifs is 1. The number of hydrogen-bond donors (Lipinski definition) is 1. The Labute approximate surface area is 195 Å². The van der Waals surface area contributed by atoms with E-state index in [1.54, 1.807) is 13.2 Å². The van der Waals surface area contributed by atoms with Gasteiger partial charge < -0.3 is 14.7 Å². The van der Waals surface area contributed by atoms with Gasteiger partial charge in [0.25, 0.3) is 0 Å². The molecule has 1 atom stereocenters. The molecular weight excluding hydrogens is 441 g/mol. The number of nitrogens with zero attached hydrogens (tertiary/aromatic N) is 5. The van der Waals surface area contributed by atoms with Gasteiger partial charge in [0.2, 0.25) is 10.8 Å². The van der Waals surface area contributed by atoms with Crippen LogP contribution < -0.4 is 9.64 Å². The maximum Gasteiger partial charge on any atom is 0.230 e. The average molecular weight is 468 g/mol. The monoisotopic (exact) mass is 467 g/mol. The van der Waals surface area contributed by atoms with Crippen LogP contribution in [0, 0.1) is 5.82 Å². The molecule has 1 aliphatic heterocycles. The van der Waals surface area contributed by atoms with Gasteiger partial charge in [0.15, 0.2) is 5.82 Å². The van der Waals surface area contributed by atoms with Crippen LogP contribution in [0.4, 0.5) is 10.1 Å². The van der Waals surface area contributed by atoms with Crippen molar-refractivity contribution in [2.24, 2.45) is 0 Å². The Hall–Kier alpha value is -3.17. The lowest BCUT2D eigenvalue weighted by atomic mass is 10.0. The van der Waals surface area contributed by atoms with Crippen LogP contribution in [0.25, 0.3) is 4.96 Å². The average Bonchev–Trinajstić information content (AvgIpc) is 3.39. The number of anilines is 1. The molecule has 7 nitrogen and oxygen atoms in total. The van der Waals surface area contributed by atoms with E-state index in [2.05, 4.69) is 19.9 Å². The van der Waals surface area contributed by atoms with Crippen molar-refractivity contribution in [3.63, 3.8) is 0 Å². The Morgan fingerprint density at radius 1 is 1.12 bits per heavy atom. The summed E-state index contributed by atoms with van der Waals surface area (Å²) < 4.78 is 21.3. The number of methoxy groups -OCH3 is 1. The summed E-state index contributed by atoms with van der Waals surface area (Å²) in [4.78, 5) is 10.4. The first kappa shape index (κ1) is 21.7. The summed E-state index contributed by atoms with van der Waals surface area (Å²) in [6.45, 7) is 4.78. The van der Waals surface area contributed by atoms with E-state index < -0.39 is 0 Å². The standard InChI is InChI=1S/C24H26FN5O2S/c1-3-20-26-24-30(27-20)23(31)22(33-24)21(16-7-6-8-17(15-16)32-2)29-13-11-28(12-14-29)19-10-5-4-9-18(19)25/h4-10,15,21,31H,3,11-14H2,1-2H3/t21-/m0/s1. The number of halogens is 1. The van der Waals surface area contributed by atoms with Gasteiger partial charge in [-0.05, 0) is 29.8 Å². The van der Waals surface area contributed by atoms with E-state index in [4.69, 9.17) is 4.74 Å².